The third kappa shape index (κ3) is 5.26. The van der Waals surface area contributed by atoms with Gasteiger partial charge in [-0.3, -0.25) is 9.69 Å². The first-order valence-electron chi connectivity index (χ1n) is 9.17. The summed E-state index contributed by atoms with van der Waals surface area (Å²) in [5.41, 5.74) is 4.02. The van der Waals surface area contributed by atoms with Crippen LogP contribution in [0, 0.1) is 6.92 Å². The molecule has 1 atom stereocenters. The van der Waals surface area contributed by atoms with Gasteiger partial charge in [-0.25, -0.2) is 0 Å². The molecule has 1 aliphatic heterocycles. The zero-order valence-corrected chi connectivity index (χ0v) is 16.3. The Balaban J connectivity index is 1.70. The fourth-order valence-corrected chi connectivity index (χ4v) is 3.65. The molecule has 0 saturated carbocycles. The fourth-order valence-electron chi connectivity index (χ4n) is 3.47. The first-order chi connectivity index (χ1) is 13.2. The van der Waals surface area contributed by atoms with Crippen LogP contribution < -0.4 is 5.32 Å². The number of carbonyl (C=O) groups is 1. The third-order valence-electron chi connectivity index (χ3n) is 4.95. The van der Waals surface area contributed by atoms with Crippen molar-refractivity contribution in [1.82, 2.24) is 10.2 Å². The molecule has 3 nitrogen and oxygen atoms in total. The Labute approximate surface area is 167 Å². The van der Waals surface area contributed by atoms with Gasteiger partial charge in [0.1, 0.15) is 6.54 Å². The lowest BCUT2D eigenvalue weighted by atomic mass is 10.0. The second-order valence-corrected chi connectivity index (χ2v) is 7.53. The molecular weight excluding hydrogens is 389 g/mol. The second kappa shape index (κ2) is 8.53. The van der Waals surface area contributed by atoms with E-state index in [2.05, 4.69) is 0 Å². The molecule has 1 fully saturated rings. The number of nitrogens with zero attached hydrogens (tertiary/aromatic N) is 1. The summed E-state index contributed by atoms with van der Waals surface area (Å²) in [6.45, 7) is 1.85. The number of alkyl halides is 3. The number of nitrogens with one attached hydrogen (secondary N) is 1. The smallest absolute Gasteiger partial charge is 0.346 e. The summed E-state index contributed by atoms with van der Waals surface area (Å²) in [5, 5.41) is 2.71. The Morgan fingerprint density at radius 1 is 1.21 bits per heavy atom. The molecule has 0 radical (unpaired) electrons. The average molecular weight is 411 g/mol. The van der Waals surface area contributed by atoms with Gasteiger partial charge in [-0.1, -0.05) is 41.9 Å². The minimum atomic E-state index is -4.40. The van der Waals surface area contributed by atoms with Crippen molar-refractivity contribution >= 4 is 17.5 Å². The monoisotopic (exact) mass is 410 g/mol. The lowest BCUT2D eigenvalue weighted by Crippen LogP contribution is -2.45. The molecule has 1 unspecified atom stereocenters. The molecule has 28 heavy (non-hydrogen) atoms. The molecule has 1 amide bonds. The topological polar surface area (TPSA) is 32.3 Å². The third-order valence-corrected chi connectivity index (χ3v) is 5.35. The molecule has 3 rings (SSSR count). The summed E-state index contributed by atoms with van der Waals surface area (Å²) < 4.78 is 37.1. The van der Waals surface area contributed by atoms with Crippen molar-refractivity contribution in [2.75, 3.05) is 13.1 Å². The van der Waals surface area contributed by atoms with Gasteiger partial charge >= 0.3 is 6.18 Å². The second-order valence-electron chi connectivity index (χ2n) is 7.13. The zero-order valence-electron chi connectivity index (χ0n) is 15.5. The molecule has 2 aromatic rings. The zero-order chi connectivity index (χ0) is 20.3. The highest BCUT2D eigenvalue weighted by Crippen LogP contribution is 2.27. The summed E-state index contributed by atoms with van der Waals surface area (Å²) in [5.74, 6) is -0.559. The van der Waals surface area contributed by atoms with Crippen LogP contribution in [0.25, 0.3) is 11.1 Å². The predicted octanol–water partition coefficient (Wildman–Crippen LogP) is 4.96. The molecule has 7 heteroatoms. The van der Waals surface area contributed by atoms with Crippen molar-refractivity contribution in [2.24, 2.45) is 0 Å². The molecular formula is C21H22ClF3N2O. The normalized spacial score (nSPS) is 17.7. The number of hydrogen-bond acceptors (Lipinski definition) is 2. The SMILES string of the molecule is Cc1ccc(-c2cccc(CN3CCCC3C(=O)NCC(F)(F)F)c2)cc1Cl. The molecule has 0 aromatic heterocycles. The van der Waals surface area contributed by atoms with E-state index in [1.807, 2.05) is 59.6 Å². The van der Waals surface area contributed by atoms with E-state index in [1.54, 1.807) is 0 Å². The van der Waals surface area contributed by atoms with Crippen LogP contribution in [0.1, 0.15) is 24.0 Å². The maximum atomic E-state index is 12.4. The van der Waals surface area contributed by atoms with Crippen molar-refractivity contribution in [3.8, 4) is 11.1 Å². The first-order valence-corrected chi connectivity index (χ1v) is 9.55. The first kappa shape index (κ1) is 20.7. The van der Waals surface area contributed by atoms with Crippen LogP contribution >= 0.6 is 11.6 Å². The Morgan fingerprint density at radius 3 is 2.68 bits per heavy atom. The maximum absolute atomic E-state index is 12.4. The van der Waals surface area contributed by atoms with Crippen LogP contribution in [-0.4, -0.2) is 36.1 Å². The van der Waals surface area contributed by atoms with E-state index in [4.69, 9.17) is 11.6 Å². The molecule has 150 valence electrons. The minimum absolute atomic E-state index is 0.511. The van der Waals surface area contributed by atoms with Gasteiger partial charge in [0, 0.05) is 11.6 Å². The van der Waals surface area contributed by atoms with Crippen LogP contribution in [0.4, 0.5) is 13.2 Å². The van der Waals surface area contributed by atoms with Gasteiger partial charge in [-0.15, -0.1) is 0 Å². The number of aryl methyl sites for hydroxylation is 1. The summed E-state index contributed by atoms with van der Waals surface area (Å²) >= 11 is 6.22. The van der Waals surface area contributed by atoms with Gasteiger partial charge in [0.15, 0.2) is 0 Å². The summed E-state index contributed by atoms with van der Waals surface area (Å²) in [6.07, 6.45) is -3.04. The molecule has 1 N–H and O–H groups in total. The van der Waals surface area contributed by atoms with E-state index in [9.17, 15) is 18.0 Å². The fraction of sp³-hybridized carbons (Fsp3) is 0.381. The van der Waals surface area contributed by atoms with Gasteiger partial charge < -0.3 is 5.32 Å². The van der Waals surface area contributed by atoms with Crippen molar-refractivity contribution < 1.29 is 18.0 Å². The van der Waals surface area contributed by atoms with E-state index in [0.29, 0.717) is 24.5 Å². The van der Waals surface area contributed by atoms with E-state index >= 15 is 0 Å². The summed E-state index contributed by atoms with van der Waals surface area (Å²) in [6, 6.07) is 13.3. The number of likely N-dealkylation sites (tertiary alicyclic amines) is 1. The van der Waals surface area contributed by atoms with E-state index in [0.717, 1.165) is 28.7 Å². The lowest BCUT2D eigenvalue weighted by molar-refractivity contribution is -0.141. The molecule has 0 spiro atoms. The van der Waals surface area contributed by atoms with Crippen LogP contribution in [0.15, 0.2) is 42.5 Å². The highest BCUT2D eigenvalue weighted by atomic mass is 35.5. The van der Waals surface area contributed by atoms with Crippen molar-refractivity contribution in [2.45, 2.75) is 38.5 Å². The maximum Gasteiger partial charge on any atom is 0.405 e. The molecule has 1 heterocycles. The molecule has 1 aliphatic rings. The Kier molecular flexibility index (Phi) is 6.30. The molecule has 2 aromatic carbocycles. The number of hydrogen-bond donors (Lipinski definition) is 1. The number of halogens is 4. The number of amides is 1. The van der Waals surface area contributed by atoms with E-state index < -0.39 is 24.7 Å². The molecule has 0 aliphatic carbocycles. The van der Waals surface area contributed by atoms with Gasteiger partial charge in [0.05, 0.1) is 6.04 Å². The standard InChI is InChI=1S/C21H22ClF3N2O/c1-14-7-8-17(11-18(14)22)16-5-2-4-15(10-16)12-27-9-3-6-19(27)20(28)26-13-21(23,24)25/h2,4-5,7-8,10-11,19H,3,6,9,12-13H2,1H3,(H,26,28). The van der Waals surface area contributed by atoms with Gasteiger partial charge in [-0.05, 0) is 60.7 Å². The van der Waals surface area contributed by atoms with Crippen LogP contribution in [0.3, 0.4) is 0 Å². The Bertz CT molecular complexity index is 854. The number of benzene rings is 2. The molecule has 0 bridgehead atoms. The van der Waals surface area contributed by atoms with E-state index in [-0.39, 0.29) is 0 Å². The Morgan fingerprint density at radius 2 is 1.96 bits per heavy atom. The molecule has 1 saturated heterocycles. The Hall–Kier alpha value is -2.05. The highest BCUT2D eigenvalue weighted by molar-refractivity contribution is 6.31. The van der Waals surface area contributed by atoms with E-state index in [1.165, 1.54) is 0 Å². The van der Waals surface area contributed by atoms with Gasteiger partial charge in [0.25, 0.3) is 0 Å². The number of rotatable bonds is 5. The quantitative estimate of drug-likeness (QED) is 0.755. The average Bonchev–Trinajstić information content (AvgIpc) is 3.10. The predicted molar refractivity (Wildman–Crippen MR) is 104 cm³/mol. The largest absolute Gasteiger partial charge is 0.405 e. The van der Waals surface area contributed by atoms with Gasteiger partial charge in [0.2, 0.25) is 5.91 Å². The van der Waals surface area contributed by atoms with Crippen molar-refractivity contribution in [3.63, 3.8) is 0 Å². The minimum Gasteiger partial charge on any atom is -0.346 e. The lowest BCUT2D eigenvalue weighted by Gasteiger charge is -2.24. The van der Waals surface area contributed by atoms with Crippen LogP contribution in [-0.2, 0) is 11.3 Å². The highest BCUT2D eigenvalue weighted by Gasteiger charge is 2.34. The van der Waals surface area contributed by atoms with Crippen LogP contribution in [0.5, 0.6) is 0 Å². The number of carbonyl (C=O) groups excluding carboxylic acids is 1. The van der Waals surface area contributed by atoms with Gasteiger partial charge in [-0.2, -0.15) is 13.2 Å². The summed E-state index contributed by atoms with van der Waals surface area (Å²) in [4.78, 5) is 14.1. The van der Waals surface area contributed by atoms with Crippen LogP contribution in [0.2, 0.25) is 5.02 Å². The van der Waals surface area contributed by atoms with Crippen molar-refractivity contribution in [3.05, 3.63) is 58.6 Å². The van der Waals surface area contributed by atoms with Crippen molar-refractivity contribution in [1.29, 1.82) is 0 Å². The summed E-state index contributed by atoms with van der Waals surface area (Å²) in [7, 11) is 0.